The zero-order valence-corrected chi connectivity index (χ0v) is 10.5. The smallest absolute Gasteiger partial charge is 0.371 e. The molecule has 2 rings (SSSR count). The van der Waals surface area contributed by atoms with Gasteiger partial charge in [0.2, 0.25) is 5.76 Å². The minimum Gasteiger partial charge on any atom is -0.475 e. The Morgan fingerprint density at radius 2 is 2.06 bits per heavy atom. The molecule has 1 aromatic heterocycles. The van der Waals surface area contributed by atoms with Crippen LogP contribution in [0.15, 0.2) is 39.2 Å². The number of hydrogen-bond acceptors (Lipinski definition) is 3. The van der Waals surface area contributed by atoms with Gasteiger partial charge in [0.05, 0.1) is 0 Å². The SMILES string of the molecule is O=C(O)c1ccc(C(O)c2cc(Br)ccc2F)o1. The maximum absolute atomic E-state index is 13.5. The van der Waals surface area contributed by atoms with Gasteiger partial charge in [-0.15, -0.1) is 0 Å². The van der Waals surface area contributed by atoms with Crippen molar-refractivity contribution in [3.63, 3.8) is 0 Å². The molecular formula is C12H8BrFO4. The van der Waals surface area contributed by atoms with Gasteiger partial charge in [-0.25, -0.2) is 9.18 Å². The number of furan rings is 1. The lowest BCUT2D eigenvalue weighted by Gasteiger charge is -2.09. The molecular weight excluding hydrogens is 307 g/mol. The van der Waals surface area contributed by atoms with Crippen LogP contribution in [0.25, 0.3) is 0 Å². The van der Waals surface area contributed by atoms with Crippen LogP contribution < -0.4 is 0 Å². The van der Waals surface area contributed by atoms with Crippen molar-refractivity contribution in [3.05, 3.63) is 57.7 Å². The first-order valence-electron chi connectivity index (χ1n) is 4.95. The molecule has 0 saturated carbocycles. The number of rotatable bonds is 3. The van der Waals surface area contributed by atoms with E-state index in [1.165, 1.54) is 30.3 Å². The van der Waals surface area contributed by atoms with Crippen LogP contribution in [-0.4, -0.2) is 16.2 Å². The van der Waals surface area contributed by atoms with E-state index in [-0.39, 0.29) is 17.1 Å². The minimum absolute atomic E-state index is 0.00987. The van der Waals surface area contributed by atoms with E-state index in [2.05, 4.69) is 15.9 Å². The van der Waals surface area contributed by atoms with Crippen molar-refractivity contribution in [2.75, 3.05) is 0 Å². The average Bonchev–Trinajstić information content (AvgIpc) is 2.81. The molecule has 4 nitrogen and oxygen atoms in total. The van der Waals surface area contributed by atoms with Crippen molar-refractivity contribution in [2.45, 2.75) is 6.10 Å². The van der Waals surface area contributed by atoms with Gasteiger partial charge >= 0.3 is 5.97 Å². The Morgan fingerprint density at radius 3 is 2.67 bits per heavy atom. The van der Waals surface area contributed by atoms with Crippen molar-refractivity contribution in [1.82, 2.24) is 0 Å². The van der Waals surface area contributed by atoms with Crippen molar-refractivity contribution in [1.29, 1.82) is 0 Å². The maximum atomic E-state index is 13.5. The van der Waals surface area contributed by atoms with E-state index in [1.54, 1.807) is 0 Å². The summed E-state index contributed by atoms with van der Waals surface area (Å²) in [6, 6.07) is 6.61. The summed E-state index contributed by atoms with van der Waals surface area (Å²) in [5.74, 6) is -2.18. The topological polar surface area (TPSA) is 70.7 Å². The molecule has 1 atom stereocenters. The Morgan fingerprint density at radius 1 is 1.33 bits per heavy atom. The summed E-state index contributed by atoms with van der Waals surface area (Å²) in [4.78, 5) is 10.6. The van der Waals surface area contributed by atoms with Gasteiger partial charge in [0.25, 0.3) is 0 Å². The van der Waals surface area contributed by atoms with Crippen molar-refractivity contribution < 1.29 is 23.8 Å². The molecule has 2 aromatic rings. The summed E-state index contributed by atoms with van der Waals surface area (Å²) in [5.41, 5.74) is 0.00987. The summed E-state index contributed by atoms with van der Waals surface area (Å²) in [6.45, 7) is 0. The Hall–Kier alpha value is -1.66. The second-order valence-electron chi connectivity index (χ2n) is 3.58. The number of aromatic carboxylic acids is 1. The van der Waals surface area contributed by atoms with E-state index < -0.39 is 17.9 Å². The number of benzene rings is 1. The molecule has 94 valence electrons. The van der Waals surface area contributed by atoms with Gasteiger partial charge in [0.1, 0.15) is 17.7 Å². The predicted molar refractivity (Wildman–Crippen MR) is 63.8 cm³/mol. The van der Waals surface area contributed by atoms with Gasteiger partial charge in [0, 0.05) is 10.0 Å². The first-order valence-corrected chi connectivity index (χ1v) is 5.74. The van der Waals surface area contributed by atoms with Gasteiger partial charge in [-0.05, 0) is 30.3 Å². The van der Waals surface area contributed by atoms with E-state index in [0.29, 0.717) is 4.47 Å². The fraction of sp³-hybridized carbons (Fsp3) is 0.0833. The van der Waals surface area contributed by atoms with Crippen LogP contribution in [0.1, 0.15) is 28.0 Å². The Labute approximate surface area is 110 Å². The van der Waals surface area contributed by atoms with Crippen molar-refractivity contribution in [3.8, 4) is 0 Å². The van der Waals surface area contributed by atoms with E-state index in [1.807, 2.05) is 0 Å². The van der Waals surface area contributed by atoms with E-state index in [4.69, 9.17) is 9.52 Å². The fourth-order valence-corrected chi connectivity index (χ4v) is 1.87. The van der Waals surface area contributed by atoms with Gasteiger partial charge in [-0.3, -0.25) is 0 Å². The second kappa shape index (κ2) is 4.91. The van der Waals surface area contributed by atoms with Gasteiger partial charge in [0.15, 0.2) is 0 Å². The molecule has 6 heteroatoms. The highest BCUT2D eigenvalue weighted by Crippen LogP contribution is 2.28. The van der Waals surface area contributed by atoms with Crippen LogP contribution in [0.2, 0.25) is 0 Å². The first kappa shape index (κ1) is 12.8. The minimum atomic E-state index is -1.35. The number of halogens is 2. The highest BCUT2D eigenvalue weighted by molar-refractivity contribution is 9.10. The maximum Gasteiger partial charge on any atom is 0.371 e. The predicted octanol–water partition coefficient (Wildman–Crippen LogP) is 2.96. The van der Waals surface area contributed by atoms with Crippen LogP contribution in [0.4, 0.5) is 4.39 Å². The quantitative estimate of drug-likeness (QED) is 0.913. The largest absolute Gasteiger partial charge is 0.475 e. The molecule has 0 bridgehead atoms. The number of aliphatic hydroxyl groups excluding tert-OH is 1. The summed E-state index contributed by atoms with van der Waals surface area (Å²) >= 11 is 3.16. The number of aliphatic hydroxyl groups is 1. The lowest BCUT2D eigenvalue weighted by molar-refractivity contribution is 0.0655. The second-order valence-corrected chi connectivity index (χ2v) is 4.49. The molecule has 18 heavy (non-hydrogen) atoms. The standard InChI is InChI=1S/C12H8BrFO4/c13-6-1-2-8(14)7(5-6)11(15)9-3-4-10(18-9)12(16)17/h1-5,11,15H,(H,16,17). The Balaban J connectivity index is 2.37. The molecule has 0 aliphatic heterocycles. The number of carboxylic acids is 1. The third-order valence-corrected chi connectivity index (χ3v) is 2.85. The van der Waals surface area contributed by atoms with Gasteiger partial charge in [-0.1, -0.05) is 15.9 Å². The number of hydrogen-bond donors (Lipinski definition) is 2. The fourth-order valence-electron chi connectivity index (χ4n) is 1.49. The Bertz CT molecular complexity index is 594. The van der Waals surface area contributed by atoms with Crippen LogP contribution in [0.3, 0.4) is 0 Å². The lowest BCUT2D eigenvalue weighted by atomic mass is 10.1. The zero-order chi connectivity index (χ0) is 13.3. The molecule has 1 aromatic carbocycles. The highest BCUT2D eigenvalue weighted by atomic mass is 79.9. The summed E-state index contributed by atoms with van der Waals surface area (Å²) in [5, 5.41) is 18.6. The molecule has 0 radical (unpaired) electrons. The van der Waals surface area contributed by atoms with E-state index >= 15 is 0 Å². The summed E-state index contributed by atoms with van der Waals surface area (Å²) < 4.78 is 19.1. The van der Waals surface area contributed by atoms with Gasteiger partial charge < -0.3 is 14.6 Å². The van der Waals surface area contributed by atoms with Crippen LogP contribution in [0.5, 0.6) is 0 Å². The normalized spacial score (nSPS) is 12.4. The van der Waals surface area contributed by atoms with E-state index in [9.17, 15) is 14.3 Å². The first-order chi connectivity index (χ1) is 8.49. The van der Waals surface area contributed by atoms with Gasteiger partial charge in [-0.2, -0.15) is 0 Å². The van der Waals surface area contributed by atoms with Crippen LogP contribution >= 0.6 is 15.9 Å². The monoisotopic (exact) mass is 314 g/mol. The summed E-state index contributed by atoms with van der Waals surface area (Å²) in [6.07, 6.45) is -1.35. The summed E-state index contributed by atoms with van der Waals surface area (Å²) in [7, 11) is 0. The van der Waals surface area contributed by atoms with E-state index in [0.717, 1.165) is 0 Å². The number of carbonyl (C=O) groups is 1. The Kier molecular flexibility index (Phi) is 3.49. The van der Waals surface area contributed by atoms with Crippen molar-refractivity contribution in [2.24, 2.45) is 0 Å². The van der Waals surface area contributed by atoms with Crippen molar-refractivity contribution >= 4 is 21.9 Å². The molecule has 0 spiro atoms. The molecule has 0 amide bonds. The molecule has 0 aliphatic carbocycles. The van der Waals surface area contributed by atoms with Crippen LogP contribution in [-0.2, 0) is 0 Å². The third kappa shape index (κ3) is 2.44. The zero-order valence-electron chi connectivity index (χ0n) is 8.93. The number of carboxylic acid groups (broad SMARTS) is 1. The van der Waals surface area contributed by atoms with Crippen LogP contribution in [0, 0.1) is 5.82 Å². The highest BCUT2D eigenvalue weighted by Gasteiger charge is 2.20. The molecule has 0 aliphatic rings. The molecule has 2 N–H and O–H groups in total. The third-order valence-electron chi connectivity index (χ3n) is 2.36. The molecule has 0 fully saturated rings. The molecule has 0 saturated heterocycles. The molecule has 1 heterocycles. The average molecular weight is 315 g/mol. The lowest BCUT2D eigenvalue weighted by Crippen LogP contribution is -2.01. The molecule has 1 unspecified atom stereocenters.